The van der Waals surface area contributed by atoms with Gasteiger partial charge in [0, 0.05) is 38.2 Å². The zero-order valence-corrected chi connectivity index (χ0v) is 10.3. The van der Waals surface area contributed by atoms with Gasteiger partial charge in [-0.25, -0.2) is 0 Å². The molecule has 0 radical (unpaired) electrons. The van der Waals surface area contributed by atoms with E-state index in [0.717, 1.165) is 12.2 Å². The first kappa shape index (κ1) is 13.3. The van der Waals surface area contributed by atoms with Crippen LogP contribution in [0.15, 0.2) is 24.3 Å². The molecule has 1 aromatic rings. The summed E-state index contributed by atoms with van der Waals surface area (Å²) in [7, 11) is 0. The lowest BCUT2D eigenvalue weighted by atomic mass is 10.1. The highest BCUT2D eigenvalue weighted by Gasteiger charge is 2.17. The van der Waals surface area contributed by atoms with E-state index in [0.29, 0.717) is 6.04 Å². The Morgan fingerprint density at radius 3 is 2.62 bits per heavy atom. The molecule has 3 nitrogen and oxygen atoms in total. The average molecular weight is 242 g/mol. The zero-order valence-electron chi connectivity index (χ0n) is 9.53. The Balaban J connectivity index is 0.00000128. The van der Waals surface area contributed by atoms with E-state index >= 15 is 0 Å². The number of halogens is 1. The summed E-state index contributed by atoms with van der Waals surface area (Å²) in [5, 5.41) is 0. The monoisotopic (exact) mass is 241 g/mol. The summed E-state index contributed by atoms with van der Waals surface area (Å²) in [5.41, 5.74) is 12.0. The van der Waals surface area contributed by atoms with Crippen molar-refractivity contribution in [3.05, 3.63) is 29.8 Å². The molecule has 1 heterocycles. The quantitative estimate of drug-likeness (QED) is 0.562. The van der Waals surface area contributed by atoms with Gasteiger partial charge >= 0.3 is 0 Å². The summed E-state index contributed by atoms with van der Waals surface area (Å²) >= 11 is 0. The number of anilines is 1. The smallest absolute Gasteiger partial charge is 0.0868 e. The Morgan fingerprint density at radius 2 is 2.00 bits per heavy atom. The number of nitrogen functional groups attached to an aromatic ring is 1. The minimum absolute atomic E-state index is 0. The highest BCUT2D eigenvalue weighted by molar-refractivity contribution is 5.40. The third-order valence-corrected chi connectivity index (χ3v) is 3.06. The molecule has 0 amide bonds. The summed E-state index contributed by atoms with van der Waals surface area (Å²) in [6.45, 7) is 3.36. The van der Waals surface area contributed by atoms with Crippen LogP contribution in [0.1, 0.15) is 18.4 Å². The molecule has 0 aromatic heterocycles. The van der Waals surface area contributed by atoms with Gasteiger partial charge in [0.15, 0.2) is 0 Å². The highest BCUT2D eigenvalue weighted by Crippen LogP contribution is 2.13. The van der Waals surface area contributed by atoms with Crippen LogP contribution in [-0.2, 0) is 6.54 Å². The maximum Gasteiger partial charge on any atom is 0.0868 e. The first-order chi connectivity index (χ1) is 7.24. The molecule has 1 aromatic carbocycles. The van der Waals surface area contributed by atoms with Gasteiger partial charge in [-0.15, -0.1) is 0 Å². The van der Waals surface area contributed by atoms with Crippen LogP contribution in [0.5, 0.6) is 0 Å². The molecule has 4 heteroatoms. The van der Waals surface area contributed by atoms with Crippen molar-refractivity contribution in [3.8, 4) is 0 Å². The van der Waals surface area contributed by atoms with Gasteiger partial charge in [0.2, 0.25) is 0 Å². The lowest BCUT2D eigenvalue weighted by Gasteiger charge is -2.28. The minimum Gasteiger partial charge on any atom is -1.00 e. The number of quaternary nitrogens is 1. The molecule has 0 aliphatic carbocycles. The van der Waals surface area contributed by atoms with E-state index in [9.17, 15) is 0 Å². The van der Waals surface area contributed by atoms with E-state index in [-0.39, 0.29) is 12.4 Å². The van der Waals surface area contributed by atoms with E-state index in [1.807, 2.05) is 12.1 Å². The van der Waals surface area contributed by atoms with Crippen LogP contribution < -0.4 is 23.9 Å². The van der Waals surface area contributed by atoms with Gasteiger partial charge in [-0.1, -0.05) is 12.1 Å². The molecule has 2 rings (SSSR count). The topological polar surface area (TPSA) is 56.9 Å². The van der Waals surface area contributed by atoms with E-state index in [4.69, 9.17) is 5.73 Å². The molecule has 0 bridgehead atoms. The number of hydrogen-bond donors (Lipinski definition) is 2. The molecule has 5 N–H and O–H groups in total. The molecule has 1 aliphatic rings. The minimum atomic E-state index is 0. The predicted octanol–water partition coefficient (Wildman–Crippen LogP) is -2.52. The van der Waals surface area contributed by atoms with Crippen molar-refractivity contribution in [1.29, 1.82) is 0 Å². The first-order valence-corrected chi connectivity index (χ1v) is 5.64. The largest absolute Gasteiger partial charge is 1.00 e. The molecule has 1 saturated heterocycles. The number of benzene rings is 1. The molecule has 1 aliphatic heterocycles. The molecule has 16 heavy (non-hydrogen) atoms. The fourth-order valence-corrected chi connectivity index (χ4v) is 2.09. The maximum absolute atomic E-state index is 5.76. The van der Waals surface area contributed by atoms with Gasteiger partial charge in [-0.05, 0) is 17.7 Å². The van der Waals surface area contributed by atoms with Crippen molar-refractivity contribution in [2.75, 3.05) is 18.8 Å². The summed E-state index contributed by atoms with van der Waals surface area (Å²) < 4.78 is 0. The third kappa shape index (κ3) is 3.67. The summed E-state index contributed by atoms with van der Waals surface area (Å²) in [6.07, 6.45) is 2.45. The van der Waals surface area contributed by atoms with Crippen molar-refractivity contribution in [1.82, 2.24) is 4.90 Å². The molecular weight excluding hydrogens is 222 g/mol. The molecule has 0 unspecified atom stereocenters. The van der Waals surface area contributed by atoms with Gasteiger partial charge in [0.1, 0.15) is 0 Å². The van der Waals surface area contributed by atoms with Gasteiger partial charge in [0.05, 0.1) is 6.04 Å². The Kier molecular flexibility index (Phi) is 5.06. The number of rotatable bonds is 2. The molecule has 90 valence electrons. The van der Waals surface area contributed by atoms with Crippen LogP contribution >= 0.6 is 0 Å². The number of nitrogens with zero attached hydrogens (tertiary/aromatic N) is 1. The van der Waals surface area contributed by atoms with Crippen molar-refractivity contribution < 1.29 is 18.1 Å². The molecular formula is C12H20ClN3. The number of nitrogens with two attached hydrogens (primary N) is 1. The number of hydrogen-bond acceptors (Lipinski definition) is 2. The van der Waals surface area contributed by atoms with Crippen molar-refractivity contribution >= 4 is 5.69 Å². The Bertz CT molecular complexity index is 322. The fraction of sp³-hybridized carbons (Fsp3) is 0.500. The summed E-state index contributed by atoms with van der Waals surface area (Å²) in [5.74, 6) is 0. The predicted molar refractivity (Wildman–Crippen MR) is 62.0 cm³/mol. The summed E-state index contributed by atoms with van der Waals surface area (Å²) in [6, 6.07) is 8.83. The standard InChI is InChI=1S/C12H19N3.ClH/c13-11-4-6-15(7-5-11)9-10-2-1-3-12(14)8-10;/h1-3,8,11H,4-7,9,13-14H2;1H. The van der Waals surface area contributed by atoms with Crippen molar-refractivity contribution in [3.63, 3.8) is 0 Å². The maximum atomic E-state index is 5.76. The second kappa shape index (κ2) is 6.09. The molecule has 1 fully saturated rings. The number of likely N-dealkylation sites (tertiary alicyclic amines) is 1. The second-order valence-electron chi connectivity index (χ2n) is 4.46. The lowest BCUT2D eigenvalue weighted by molar-refractivity contribution is -0.426. The molecule has 0 saturated carbocycles. The van der Waals surface area contributed by atoms with Crippen LogP contribution in [0.2, 0.25) is 0 Å². The Hall–Kier alpha value is -0.770. The van der Waals surface area contributed by atoms with Crippen LogP contribution in [0.3, 0.4) is 0 Å². The van der Waals surface area contributed by atoms with E-state index in [1.54, 1.807) is 0 Å². The number of piperidine rings is 1. The van der Waals surface area contributed by atoms with E-state index < -0.39 is 0 Å². The fourth-order valence-electron chi connectivity index (χ4n) is 2.09. The molecule has 0 atom stereocenters. The average Bonchev–Trinajstić information content (AvgIpc) is 2.22. The van der Waals surface area contributed by atoms with Crippen molar-refractivity contribution in [2.24, 2.45) is 0 Å². The molecule has 0 spiro atoms. The first-order valence-electron chi connectivity index (χ1n) is 5.64. The zero-order chi connectivity index (χ0) is 10.7. The normalized spacial score (nSPS) is 18.1. The van der Waals surface area contributed by atoms with Gasteiger partial charge in [-0.3, -0.25) is 4.90 Å². The van der Waals surface area contributed by atoms with Gasteiger partial charge in [-0.2, -0.15) is 0 Å². The van der Waals surface area contributed by atoms with Crippen molar-refractivity contribution in [2.45, 2.75) is 25.4 Å². The Labute approximate surface area is 103 Å². The highest BCUT2D eigenvalue weighted by atomic mass is 35.5. The lowest BCUT2D eigenvalue weighted by Crippen LogP contribution is -3.00. The van der Waals surface area contributed by atoms with E-state index in [2.05, 4.69) is 22.8 Å². The van der Waals surface area contributed by atoms with Crippen LogP contribution in [0.4, 0.5) is 5.69 Å². The van der Waals surface area contributed by atoms with Gasteiger partial charge < -0.3 is 23.9 Å². The second-order valence-corrected chi connectivity index (χ2v) is 4.46. The van der Waals surface area contributed by atoms with Crippen LogP contribution in [0, 0.1) is 0 Å². The van der Waals surface area contributed by atoms with Crippen LogP contribution in [0.25, 0.3) is 0 Å². The third-order valence-electron chi connectivity index (χ3n) is 3.06. The van der Waals surface area contributed by atoms with Gasteiger partial charge in [0.25, 0.3) is 0 Å². The Morgan fingerprint density at radius 1 is 1.31 bits per heavy atom. The summed E-state index contributed by atoms with van der Waals surface area (Å²) in [4.78, 5) is 2.48. The SMILES string of the molecule is Nc1cccc(CN2CCC([NH3+])CC2)c1.[Cl-]. The van der Waals surface area contributed by atoms with E-state index in [1.165, 1.54) is 31.5 Å². The van der Waals surface area contributed by atoms with Crippen LogP contribution in [-0.4, -0.2) is 24.0 Å².